The van der Waals surface area contributed by atoms with Crippen LogP contribution in [0, 0.1) is 0 Å². The maximum Gasteiger partial charge on any atom is 0.159 e. The van der Waals surface area contributed by atoms with E-state index in [2.05, 4.69) is 52.2 Å². The monoisotopic (exact) mass is 348 g/mol. The first-order valence-corrected chi connectivity index (χ1v) is 9.39. The van der Waals surface area contributed by atoms with Gasteiger partial charge < -0.3 is 4.90 Å². The summed E-state index contributed by atoms with van der Waals surface area (Å²) < 4.78 is 1.93. The van der Waals surface area contributed by atoms with Gasteiger partial charge in [-0.1, -0.05) is 30.3 Å². The summed E-state index contributed by atoms with van der Waals surface area (Å²) in [5.41, 5.74) is 3.37. The van der Waals surface area contributed by atoms with Crippen LogP contribution < -0.4 is 4.90 Å². The first kappa shape index (κ1) is 16.8. The zero-order chi connectivity index (χ0) is 17.9. The number of rotatable bonds is 5. The molecule has 2 heterocycles. The number of carbonyl (C=O) groups excluding carboxylic acids is 1. The van der Waals surface area contributed by atoms with Crippen molar-refractivity contribution in [3.63, 3.8) is 0 Å². The highest BCUT2D eigenvalue weighted by Crippen LogP contribution is 2.32. The molecule has 0 N–H and O–H groups in total. The van der Waals surface area contributed by atoms with Crippen molar-refractivity contribution in [2.75, 3.05) is 4.90 Å². The van der Waals surface area contributed by atoms with Crippen LogP contribution in [0.1, 0.15) is 38.2 Å². The fourth-order valence-electron chi connectivity index (χ4n) is 3.87. The van der Waals surface area contributed by atoms with E-state index in [9.17, 15) is 4.79 Å². The molecule has 2 aromatic heterocycles. The SMILES string of the molecule is CCn1ncc2c(N(Cc3ccccc3)C3CCC(=O)CC3)ccnc21. The maximum atomic E-state index is 11.7. The molecule has 1 aromatic carbocycles. The van der Waals surface area contributed by atoms with Crippen LogP contribution in [-0.2, 0) is 17.9 Å². The summed E-state index contributed by atoms with van der Waals surface area (Å²) in [6, 6.07) is 13.0. The van der Waals surface area contributed by atoms with Gasteiger partial charge in [0.15, 0.2) is 5.65 Å². The summed E-state index contributed by atoms with van der Waals surface area (Å²) in [5, 5.41) is 5.58. The number of pyridine rings is 1. The van der Waals surface area contributed by atoms with Gasteiger partial charge in [0.1, 0.15) is 5.78 Å². The molecule has 5 nitrogen and oxygen atoms in total. The predicted molar refractivity (Wildman–Crippen MR) is 103 cm³/mol. The smallest absolute Gasteiger partial charge is 0.159 e. The molecule has 0 amide bonds. The Morgan fingerprint density at radius 1 is 1.15 bits per heavy atom. The number of ketones is 1. The first-order chi connectivity index (χ1) is 12.8. The molecular formula is C21H24N4O. The third kappa shape index (κ3) is 3.21. The van der Waals surface area contributed by atoms with E-state index in [1.807, 2.05) is 23.1 Å². The molecule has 4 rings (SSSR count). The maximum absolute atomic E-state index is 11.7. The quantitative estimate of drug-likeness (QED) is 0.700. The summed E-state index contributed by atoms with van der Waals surface area (Å²) in [5.74, 6) is 0.389. The van der Waals surface area contributed by atoms with Crippen molar-refractivity contribution in [1.82, 2.24) is 14.8 Å². The molecule has 1 saturated carbocycles. The molecule has 26 heavy (non-hydrogen) atoms. The summed E-state index contributed by atoms with van der Waals surface area (Å²) in [7, 11) is 0. The molecule has 1 aliphatic rings. The summed E-state index contributed by atoms with van der Waals surface area (Å²) in [4.78, 5) is 18.7. The fraction of sp³-hybridized carbons (Fsp3) is 0.381. The highest BCUT2D eigenvalue weighted by molar-refractivity contribution is 5.89. The standard InChI is InChI=1S/C21H24N4O/c1-2-25-21-19(14-23-25)20(12-13-22-21)24(15-16-6-4-3-5-7-16)17-8-10-18(26)11-9-17/h3-7,12-14,17H,2,8-11,15H2,1H3. The van der Waals surface area contributed by atoms with E-state index < -0.39 is 0 Å². The Balaban J connectivity index is 1.75. The summed E-state index contributed by atoms with van der Waals surface area (Å²) in [6.07, 6.45) is 6.98. The van der Waals surface area contributed by atoms with Gasteiger partial charge in [-0.25, -0.2) is 9.67 Å². The van der Waals surface area contributed by atoms with Gasteiger partial charge >= 0.3 is 0 Å². The third-order valence-electron chi connectivity index (χ3n) is 5.28. The number of benzene rings is 1. The Hall–Kier alpha value is -2.69. The van der Waals surface area contributed by atoms with E-state index in [0.29, 0.717) is 24.7 Å². The van der Waals surface area contributed by atoms with Crippen molar-refractivity contribution in [3.05, 3.63) is 54.4 Å². The summed E-state index contributed by atoms with van der Waals surface area (Å²) >= 11 is 0. The molecule has 0 aliphatic heterocycles. The van der Waals surface area contributed by atoms with Crippen molar-refractivity contribution < 1.29 is 4.79 Å². The molecule has 0 radical (unpaired) electrons. The van der Waals surface area contributed by atoms with Crippen LogP contribution in [0.25, 0.3) is 11.0 Å². The van der Waals surface area contributed by atoms with Gasteiger partial charge in [0.2, 0.25) is 0 Å². The highest BCUT2D eigenvalue weighted by Gasteiger charge is 2.26. The second-order valence-electron chi connectivity index (χ2n) is 6.91. The molecular weight excluding hydrogens is 324 g/mol. The van der Waals surface area contributed by atoms with Crippen LogP contribution >= 0.6 is 0 Å². The molecule has 0 unspecified atom stereocenters. The molecule has 1 aliphatic carbocycles. The normalized spacial score (nSPS) is 15.5. The van der Waals surface area contributed by atoms with Crippen LogP contribution in [0.2, 0.25) is 0 Å². The Labute approximate surface area is 153 Å². The minimum Gasteiger partial charge on any atom is -0.364 e. The van der Waals surface area contributed by atoms with Crippen LogP contribution in [0.3, 0.4) is 0 Å². The van der Waals surface area contributed by atoms with Gasteiger partial charge in [-0.05, 0) is 31.4 Å². The number of aryl methyl sites for hydroxylation is 1. The van der Waals surface area contributed by atoms with Gasteiger partial charge in [-0.3, -0.25) is 4.79 Å². The Bertz CT molecular complexity index is 893. The molecule has 1 fully saturated rings. The average Bonchev–Trinajstić information content (AvgIpc) is 3.11. The van der Waals surface area contributed by atoms with Crippen molar-refractivity contribution >= 4 is 22.5 Å². The third-order valence-corrected chi connectivity index (χ3v) is 5.28. The van der Waals surface area contributed by atoms with Gasteiger partial charge in [0.05, 0.1) is 17.3 Å². The number of aromatic nitrogens is 3. The van der Waals surface area contributed by atoms with Crippen LogP contribution in [0.5, 0.6) is 0 Å². The molecule has 5 heteroatoms. The predicted octanol–water partition coefficient (Wildman–Crippen LogP) is 3.97. The van der Waals surface area contributed by atoms with E-state index in [1.54, 1.807) is 0 Å². The van der Waals surface area contributed by atoms with Crippen molar-refractivity contribution in [2.24, 2.45) is 0 Å². The summed E-state index contributed by atoms with van der Waals surface area (Å²) in [6.45, 7) is 3.71. The van der Waals surface area contributed by atoms with Crippen molar-refractivity contribution in [2.45, 2.75) is 51.7 Å². The largest absolute Gasteiger partial charge is 0.364 e. The minimum atomic E-state index is 0.364. The number of Topliss-reactive ketones (excluding diaryl/α,β-unsaturated/α-hetero) is 1. The van der Waals surface area contributed by atoms with Crippen LogP contribution in [0.15, 0.2) is 48.8 Å². The molecule has 0 bridgehead atoms. The lowest BCUT2D eigenvalue weighted by atomic mass is 9.92. The molecule has 0 atom stereocenters. The van der Waals surface area contributed by atoms with Crippen LogP contribution in [0.4, 0.5) is 5.69 Å². The van der Waals surface area contributed by atoms with E-state index in [4.69, 9.17) is 0 Å². The van der Waals surface area contributed by atoms with Gasteiger partial charge in [-0.15, -0.1) is 0 Å². The van der Waals surface area contributed by atoms with E-state index in [0.717, 1.165) is 42.7 Å². The first-order valence-electron chi connectivity index (χ1n) is 9.39. The van der Waals surface area contributed by atoms with Crippen molar-refractivity contribution in [1.29, 1.82) is 0 Å². The number of hydrogen-bond acceptors (Lipinski definition) is 4. The lowest BCUT2D eigenvalue weighted by molar-refractivity contribution is -0.120. The molecule has 134 valence electrons. The van der Waals surface area contributed by atoms with E-state index in [-0.39, 0.29) is 0 Å². The van der Waals surface area contributed by atoms with Crippen molar-refractivity contribution in [3.8, 4) is 0 Å². The number of nitrogens with zero attached hydrogens (tertiary/aromatic N) is 4. The van der Waals surface area contributed by atoms with E-state index in [1.165, 1.54) is 5.56 Å². The number of carbonyl (C=O) groups is 1. The number of hydrogen-bond donors (Lipinski definition) is 0. The van der Waals surface area contributed by atoms with Gasteiger partial charge in [0, 0.05) is 38.2 Å². The Morgan fingerprint density at radius 2 is 1.92 bits per heavy atom. The second kappa shape index (κ2) is 7.28. The fourth-order valence-corrected chi connectivity index (χ4v) is 3.87. The molecule has 3 aromatic rings. The number of anilines is 1. The topological polar surface area (TPSA) is 51.0 Å². The number of fused-ring (bicyclic) bond motifs is 1. The van der Waals surface area contributed by atoms with E-state index >= 15 is 0 Å². The van der Waals surface area contributed by atoms with Crippen LogP contribution in [-0.4, -0.2) is 26.6 Å². The van der Waals surface area contributed by atoms with Gasteiger partial charge in [-0.2, -0.15) is 5.10 Å². The molecule has 0 saturated heterocycles. The zero-order valence-corrected chi connectivity index (χ0v) is 15.1. The molecule has 0 spiro atoms. The zero-order valence-electron chi connectivity index (χ0n) is 15.1. The lowest BCUT2D eigenvalue weighted by Crippen LogP contribution is -2.38. The lowest BCUT2D eigenvalue weighted by Gasteiger charge is -2.36. The van der Waals surface area contributed by atoms with Gasteiger partial charge in [0.25, 0.3) is 0 Å². The Kier molecular flexibility index (Phi) is 4.69. The second-order valence-corrected chi connectivity index (χ2v) is 6.91. The minimum absolute atomic E-state index is 0.364. The average molecular weight is 348 g/mol. The Morgan fingerprint density at radius 3 is 2.65 bits per heavy atom. The highest BCUT2D eigenvalue weighted by atomic mass is 16.1.